The lowest BCUT2D eigenvalue weighted by Crippen LogP contribution is -1.92. The zero-order valence-electron chi connectivity index (χ0n) is 31.9. The number of nitrogens with zero attached hydrogens (tertiary/aromatic N) is 2. The van der Waals surface area contributed by atoms with E-state index in [-0.39, 0.29) is 0 Å². The zero-order chi connectivity index (χ0) is 38.9. The van der Waals surface area contributed by atoms with E-state index in [1.165, 1.54) is 80.7 Å². The third kappa shape index (κ3) is 5.70. The van der Waals surface area contributed by atoms with Gasteiger partial charge in [0, 0.05) is 36.5 Å². The van der Waals surface area contributed by atoms with Crippen LogP contribution in [0.1, 0.15) is 0 Å². The van der Waals surface area contributed by atoms with Crippen LogP contribution in [0.4, 0.5) is 0 Å². The van der Waals surface area contributed by atoms with Crippen molar-refractivity contribution in [3.05, 3.63) is 206 Å². The minimum absolute atomic E-state index is 0.870. The molecule has 2 nitrogen and oxygen atoms in total. The number of hydrogen-bond acceptors (Lipinski definition) is 3. The van der Waals surface area contributed by atoms with Gasteiger partial charge in [-0.05, 0) is 90.3 Å². The number of hydrogen-bond donors (Lipinski definition) is 0. The van der Waals surface area contributed by atoms with Crippen molar-refractivity contribution >= 4 is 74.9 Å². The van der Waals surface area contributed by atoms with Gasteiger partial charge in [-0.3, -0.25) is 4.98 Å². The summed E-state index contributed by atoms with van der Waals surface area (Å²) in [6.07, 6.45) is 1.92. The summed E-state index contributed by atoms with van der Waals surface area (Å²) >= 11 is 1.88. The Balaban J connectivity index is 0.809. The number of fused-ring (bicyclic) bond motifs is 10. The van der Waals surface area contributed by atoms with Crippen LogP contribution >= 0.6 is 11.3 Å². The van der Waals surface area contributed by atoms with Crippen LogP contribution in [0.2, 0.25) is 0 Å². The summed E-state index contributed by atoms with van der Waals surface area (Å²) in [4.78, 5) is 10.2. The molecule has 10 aromatic carbocycles. The summed E-state index contributed by atoms with van der Waals surface area (Å²) in [7, 11) is 0. The van der Waals surface area contributed by atoms with E-state index in [0.717, 1.165) is 38.6 Å². The molecule has 0 atom stereocenters. The van der Waals surface area contributed by atoms with Gasteiger partial charge in [0.1, 0.15) is 0 Å². The summed E-state index contributed by atoms with van der Waals surface area (Å²) < 4.78 is 2.68. The monoisotopic (exact) mass is 766 g/mol. The van der Waals surface area contributed by atoms with E-state index in [4.69, 9.17) is 9.97 Å². The van der Waals surface area contributed by atoms with E-state index < -0.39 is 0 Å². The SMILES string of the molecule is c1cc(-c2ccc3cc(-c4ccc(-c5ccc(-c6cccc7c6sc6ccccc67)cc5)cc4)ccc3c2)cc(-c2cnc3c4ccccc4c4ccccc4c3n2)c1. The maximum absolute atomic E-state index is 5.24. The molecule has 12 rings (SSSR count). The van der Waals surface area contributed by atoms with E-state index in [9.17, 15) is 0 Å². The highest BCUT2D eigenvalue weighted by Crippen LogP contribution is 2.41. The molecule has 0 saturated carbocycles. The third-order valence-electron chi connectivity index (χ3n) is 11.9. The minimum Gasteiger partial charge on any atom is -0.252 e. The quantitative estimate of drug-likeness (QED) is 0.163. The second-order valence-electron chi connectivity index (χ2n) is 15.3. The van der Waals surface area contributed by atoms with Gasteiger partial charge in [-0.2, -0.15) is 0 Å². The molecule has 59 heavy (non-hydrogen) atoms. The molecule has 3 heteroatoms. The average molecular weight is 767 g/mol. The Morgan fingerprint density at radius 1 is 0.322 bits per heavy atom. The molecule has 0 bridgehead atoms. The van der Waals surface area contributed by atoms with Crippen molar-refractivity contribution in [2.75, 3.05) is 0 Å². The second-order valence-corrected chi connectivity index (χ2v) is 16.4. The molecule has 0 spiro atoms. The normalized spacial score (nSPS) is 11.7. The Kier molecular flexibility index (Phi) is 7.75. The maximum atomic E-state index is 5.24. The van der Waals surface area contributed by atoms with Gasteiger partial charge in [0.05, 0.1) is 22.9 Å². The van der Waals surface area contributed by atoms with Gasteiger partial charge in [-0.25, -0.2) is 4.98 Å². The van der Waals surface area contributed by atoms with Crippen LogP contribution < -0.4 is 0 Å². The molecule has 0 fully saturated rings. The molecule has 12 aromatic rings. The molecule has 274 valence electrons. The highest BCUT2D eigenvalue weighted by Gasteiger charge is 2.14. The zero-order valence-corrected chi connectivity index (χ0v) is 32.7. The van der Waals surface area contributed by atoms with Gasteiger partial charge in [-0.1, -0.05) is 176 Å². The van der Waals surface area contributed by atoms with E-state index in [1.54, 1.807) is 0 Å². The lowest BCUT2D eigenvalue weighted by Gasteiger charge is -2.11. The van der Waals surface area contributed by atoms with Crippen LogP contribution in [-0.2, 0) is 0 Å². The van der Waals surface area contributed by atoms with Gasteiger partial charge in [0.25, 0.3) is 0 Å². The largest absolute Gasteiger partial charge is 0.252 e. The van der Waals surface area contributed by atoms with Crippen LogP contribution in [-0.4, -0.2) is 9.97 Å². The first kappa shape index (κ1) is 33.7. The number of thiophene rings is 1. The van der Waals surface area contributed by atoms with Gasteiger partial charge < -0.3 is 0 Å². The fraction of sp³-hybridized carbons (Fsp3) is 0. The molecule has 0 radical (unpaired) electrons. The first-order valence-corrected chi connectivity index (χ1v) is 20.9. The molecule has 0 aliphatic heterocycles. The summed E-state index contributed by atoms with van der Waals surface area (Å²) in [5.74, 6) is 0. The van der Waals surface area contributed by atoms with E-state index in [1.807, 2.05) is 17.5 Å². The standard InChI is InChI=1S/C56H34N2S/c1-3-14-49-46(11-1)47-12-2-4-15-50(47)55-54(49)57-34-52(58-55)44-10-7-9-39(33-44)41-29-30-42-31-40(27-28-43(42)32-41)37-21-19-35(20-22-37)36-23-25-38(26-24-36)45-16-8-17-51-48-13-5-6-18-53(48)59-56(45)51/h1-34H. The Morgan fingerprint density at radius 2 is 0.814 bits per heavy atom. The van der Waals surface area contributed by atoms with E-state index in [0.29, 0.717) is 0 Å². The minimum atomic E-state index is 0.870. The van der Waals surface area contributed by atoms with Crippen molar-refractivity contribution in [3.63, 3.8) is 0 Å². The Bertz CT molecular complexity index is 3560. The van der Waals surface area contributed by atoms with Gasteiger partial charge >= 0.3 is 0 Å². The molecule has 0 aliphatic rings. The molecule has 0 aliphatic carbocycles. The van der Waals surface area contributed by atoms with Crippen molar-refractivity contribution < 1.29 is 0 Å². The van der Waals surface area contributed by atoms with Gasteiger partial charge in [-0.15, -0.1) is 11.3 Å². The predicted octanol–water partition coefficient (Wildman–Crippen LogP) is 15.8. The Morgan fingerprint density at radius 3 is 1.51 bits per heavy atom. The summed E-state index contributed by atoms with van der Waals surface area (Å²) in [6, 6.07) is 72.5. The molecule has 0 unspecified atom stereocenters. The van der Waals surface area contributed by atoms with Crippen molar-refractivity contribution in [1.29, 1.82) is 0 Å². The number of aromatic nitrogens is 2. The lowest BCUT2D eigenvalue weighted by molar-refractivity contribution is 1.31. The van der Waals surface area contributed by atoms with Crippen molar-refractivity contribution in [2.24, 2.45) is 0 Å². The van der Waals surface area contributed by atoms with Crippen molar-refractivity contribution in [1.82, 2.24) is 9.97 Å². The molecule has 2 heterocycles. The fourth-order valence-electron chi connectivity index (χ4n) is 8.90. The lowest BCUT2D eigenvalue weighted by atomic mass is 9.95. The Labute approximate surface area is 345 Å². The van der Waals surface area contributed by atoms with E-state index >= 15 is 0 Å². The van der Waals surface area contributed by atoms with Crippen molar-refractivity contribution in [3.8, 4) is 55.8 Å². The molecule has 0 amide bonds. The second kappa shape index (κ2) is 13.6. The van der Waals surface area contributed by atoms with Crippen LogP contribution in [0.25, 0.3) is 119 Å². The van der Waals surface area contributed by atoms with Crippen LogP contribution in [0.5, 0.6) is 0 Å². The fourth-order valence-corrected chi connectivity index (χ4v) is 10.1. The Hall–Kier alpha value is -7.46. The molecule has 0 saturated heterocycles. The van der Waals surface area contributed by atoms with Crippen molar-refractivity contribution in [2.45, 2.75) is 0 Å². The van der Waals surface area contributed by atoms with Crippen LogP contribution in [0, 0.1) is 0 Å². The predicted molar refractivity (Wildman–Crippen MR) is 252 cm³/mol. The number of benzene rings is 10. The molecular formula is C56H34N2S. The highest BCUT2D eigenvalue weighted by molar-refractivity contribution is 7.26. The third-order valence-corrected chi connectivity index (χ3v) is 13.1. The summed E-state index contributed by atoms with van der Waals surface area (Å²) in [5, 5.41) is 9.75. The summed E-state index contributed by atoms with van der Waals surface area (Å²) in [6.45, 7) is 0. The van der Waals surface area contributed by atoms with Crippen LogP contribution in [0.3, 0.4) is 0 Å². The topological polar surface area (TPSA) is 25.8 Å². The first-order chi connectivity index (χ1) is 29.2. The average Bonchev–Trinajstić information content (AvgIpc) is 3.70. The molecular weight excluding hydrogens is 733 g/mol. The van der Waals surface area contributed by atoms with Gasteiger partial charge in [0.15, 0.2) is 0 Å². The summed E-state index contributed by atoms with van der Waals surface area (Å²) in [5.41, 5.74) is 13.5. The van der Waals surface area contributed by atoms with Crippen LogP contribution in [0.15, 0.2) is 206 Å². The molecule has 2 aromatic heterocycles. The maximum Gasteiger partial charge on any atom is 0.0979 e. The smallest absolute Gasteiger partial charge is 0.0979 e. The van der Waals surface area contributed by atoms with Gasteiger partial charge in [0.2, 0.25) is 0 Å². The highest BCUT2D eigenvalue weighted by atomic mass is 32.1. The van der Waals surface area contributed by atoms with E-state index in [2.05, 4.69) is 200 Å². The first-order valence-electron chi connectivity index (χ1n) is 20.0. The number of rotatable bonds is 5. The molecule has 0 N–H and O–H groups in total.